The van der Waals surface area contributed by atoms with Crippen molar-refractivity contribution in [3.63, 3.8) is 0 Å². The Bertz CT molecular complexity index is 2120. The van der Waals surface area contributed by atoms with Crippen LogP contribution in [0.1, 0.15) is 70.9 Å². The van der Waals surface area contributed by atoms with Gasteiger partial charge in [0, 0.05) is 22.3 Å². The van der Waals surface area contributed by atoms with Crippen LogP contribution in [0.15, 0.2) is 103 Å². The van der Waals surface area contributed by atoms with E-state index in [0.717, 1.165) is 0 Å². The van der Waals surface area contributed by atoms with E-state index in [9.17, 15) is 19.2 Å². The van der Waals surface area contributed by atoms with Gasteiger partial charge in [-0.15, -0.1) is 0 Å². The zero-order valence-corrected chi connectivity index (χ0v) is 30.2. The summed E-state index contributed by atoms with van der Waals surface area (Å²) in [6, 6.07) is 28.6. The Balaban J connectivity index is 1.24. The van der Waals surface area contributed by atoms with Gasteiger partial charge in [-0.2, -0.15) is 0 Å². The van der Waals surface area contributed by atoms with Crippen LogP contribution < -0.4 is 10.6 Å². The first-order valence-corrected chi connectivity index (χ1v) is 17.2. The number of nitrogens with zero attached hydrogens (tertiary/aromatic N) is 3. The second kappa shape index (κ2) is 18.4. The van der Waals surface area contributed by atoms with Gasteiger partial charge in [-0.25, -0.2) is 24.5 Å². The van der Waals surface area contributed by atoms with Crippen molar-refractivity contribution in [1.29, 1.82) is 0 Å². The van der Waals surface area contributed by atoms with Crippen LogP contribution in [0.5, 0.6) is 0 Å². The fourth-order valence-corrected chi connectivity index (χ4v) is 4.91. The van der Waals surface area contributed by atoms with Crippen LogP contribution in [0.2, 0.25) is 0 Å². The molecule has 2 aromatic carbocycles. The van der Waals surface area contributed by atoms with Crippen LogP contribution in [0.3, 0.4) is 0 Å². The van der Waals surface area contributed by atoms with Crippen LogP contribution >= 0.6 is 0 Å². The highest BCUT2D eigenvalue weighted by atomic mass is 16.5. The van der Waals surface area contributed by atoms with Crippen LogP contribution in [0.25, 0.3) is 22.8 Å². The Morgan fingerprint density at radius 3 is 1.24 bits per heavy atom. The molecule has 2 amide bonds. The molecule has 3 heterocycles. The Hall–Kier alpha value is -7.11. The molecule has 270 valence electrons. The van der Waals surface area contributed by atoms with E-state index in [0.29, 0.717) is 56.4 Å². The number of hydrogen-bond acceptors (Lipinski definition) is 9. The van der Waals surface area contributed by atoms with E-state index in [2.05, 4.69) is 34.3 Å². The first-order valence-electron chi connectivity index (χ1n) is 17.2. The molecule has 0 unspecified atom stereocenters. The number of benzene rings is 2. The number of ether oxygens (including phenoxy) is 2. The number of hydrogen-bond donors (Lipinski definition) is 2. The lowest BCUT2D eigenvalue weighted by molar-refractivity contribution is -0.145. The minimum Gasteiger partial charge on any atom is -0.464 e. The van der Waals surface area contributed by atoms with E-state index in [1.165, 1.54) is 0 Å². The van der Waals surface area contributed by atoms with Crippen LogP contribution in [-0.4, -0.2) is 64.0 Å². The van der Waals surface area contributed by atoms with Gasteiger partial charge in [-0.1, -0.05) is 30.0 Å². The van der Waals surface area contributed by atoms with Gasteiger partial charge in [0.2, 0.25) is 0 Å². The molecule has 0 radical (unpaired) electrons. The topological polar surface area (TPSA) is 149 Å². The monoisotopic (exact) mass is 719 g/mol. The molecule has 0 aliphatic heterocycles. The smallest absolute Gasteiger partial charge is 0.328 e. The lowest BCUT2D eigenvalue weighted by atomic mass is 10.1. The second-order valence-corrected chi connectivity index (χ2v) is 11.8. The molecule has 0 aliphatic rings. The molecule has 0 saturated heterocycles. The number of carbonyl (C=O) groups is 4. The van der Waals surface area contributed by atoms with E-state index in [4.69, 9.17) is 24.4 Å². The van der Waals surface area contributed by atoms with Crippen molar-refractivity contribution in [2.24, 2.45) is 0 Å². The van der Waals surface area contributed by atoms with E-state index < -0.39 is 24.0 Å². The zero-order valence-electron chi connectivity index (χ0n) is 30.2. The summed E-state index contributed by atoms with van der Waals surface area (Å²) in [4.78, 5) is 62.9. The summed E-state index contributed by atoms with van der Waals surface area (Å²) in [5, 5.41) is 5.25. The van der Waals surface area contributed by atoms with Crippen LogP contribution in [0, 0.1) is 23.7 Å². The maximum Gasteiger partial charge on any atom is 0.328 e. The molecule has 2 atom stereocenters. The largest absolute Gasteiger partial charge is 0.464 e. The second-order valence-electron chi connectivity index (χ2n) is 11.8. The van der Waals surface area contributed by atoms with Crippen molar-refractivity contribution in [2.45, 2.75) is 39.8 Å². The maximum absolute atomic E-state index is 12.5. The number of rotatable bonds is 10. The molecule has 0 fully saturated rings. The molecule has 2 N–H and O–H groups in total. The SMILES string of the molecule is CCOC(=O)[C@H](C)NC(=O)c1ccc(C#Cc2cccc(-c3cccc(-c4cccc(C#Cc5ccc(C(=O)N[C@@H](C)C(=O)OCC)cc5)n4)n3)n2)cc1. The average molecular weight is 720 g/mol. The molecule has 11 heteroatoms. The quantitative estimate of drug-likeness (QED) is 0.144. The molecule has 3 aromatic heterocycles. The van der Waals surface area contributed by atoms with Crippen LogP contribution in [0.4, 0.5) is 0 Å². The third-order valence-corrected chi connectivity index (χ3v) is 7.71. The van der Waals surface area contributed by atoms with Crippen LogP contribution in [-0.2, 0) is 19.1 Å². The predicted molar refractivity (Wildman–Crippen MR) is 203 cm³/mol. The third kappa shape index (κ3) is 10.5. The number of amides is 2. The van der Waals surface area contributed by atoms with Gasteiger partial charge < -0.3 is 20.1 Å². The molecule has 5 rings (SSSR count). The van der Waals surface area contributed by atoms with Crippen molar-refractivity contribution < 1.29 is 28.7 Å². The number of esters is 2. The maximum atomic E-state index is 12.5. The normalized spacial score (nSPS) is 11.3. The Labute approximate surface area is 313 Å². The first kappa shape index (κ1) is 38.1. The highest BCUT2D eigenvalue weighted by molar-refractivity contribution is 5.97. The highest BCUT2D eigenvalue weighted by Gasteiger charge is 2.18. The summed E-state index contributed by atoms with van der Waals surface area (Å²) in [6.07, 6.45) is 0. The summed E-state index contributed by atoms with van der Waals surface area (Å²) in [6.45, 7) is 7.04. The van der Waals surface area contributed by atoms with Crippen molar-refractivity contribution in [1.82, 2.24) is 25.6 Å². The fourth-order valence-electron chi connectivity index (χ4n) is 4.91. The number of carbonyl (C=O) groups excluding carboxylic acids is 4. The zero-order chi connectivity index (χ0) is 38.5. The molecular weight excluding hydrogens is 683 g/mol. The van der Waals surface area contributed by atoms with Gasteiger partial charge in [-0.05, 0) is 124 Å². The molecule has 5 aromatic rings. The lowest BCUT2D eigenvalue weighted by Crippen LogP contribution is -2.39. The van der Waals surface area contributed by atoms with E-state index in [-0.39, 0.29) is 25.0 Å². The van der Waals surface area contributed by atoms with E-state index in [1.807, 2.05) is 42.5 Å². The minimum atomic E-state index is -0.761. The van der Waals surface area contributed by atoms with Gasteiger partial charge >= 0.3 is 11.9 Å². The summed E-state index contributed by atoms with van der Waals surface area (Å²) in [7, 11) is 0. The molecule has 54 heavy (non-hydrogen) atoms. The average Bonchev–Trinajstić information content (AvgIpc) is 3.20. The number of aromatic nitrogens is 3. The summed E-state index contributed by atoms with van der Waals surface area (Å²) in [5.41, 5.74) is 5.80. The third-order valence-electron chi connectivity index (χ3n) is 7.71. The first-order chi connectivity index (χ1) is 26.1. The van der Waals surface area contributed by atoms with Crippen molar-refractivity contribution in [3.8, 4) is 46.5 Å². The summed E-state index contributed by atoms with van der Waals surface area (Å²) in [5.74, 6) is 10.5. The molecule has 0 aliphatic carbocycles. The van der Waals surface area contributed by atoms with Crippen molar-refractivity contribution >= 4 is 23.8 Å². The van der Waals surface area contributed by atoms with Gasteiger partial charge in [0.25, 0.3) is 11.8 Å². The molecule has 0 spiro atoms. The molecule has 11 nitrogen and oxygen atoms in total. The molecule has 0 bridgehead atoms. The number of pyridine rings is 3. The van der Waals surface area contributed by atoms with Crippen molar-refractivity contribution in [2.75, 3.05) is 13.2 Å². The van der Waals surface area contributed by atoms with Gasteiger partial charge in [-0.3, -0.25) is 9.59 Å². The number of nitrogens with one attached hydrogen (secondary N) is 2. The Morgan fingerprint density at radius 1 is 0.519 bits per heavy atom. The standard InChI is InChI=1S/C43H37N5O6/c1-5-53-42(51)28(3)44-40(49)32-22-16-30(17-23-32)20-26-34-10-7-12-36(46-34)38-14-9-15-39(48-38)37-13-8-11-35(47-37)27-21-31-18-24-33(25-19-31)41(50)45-29(4)43(52)54-6-2/h7-19,22-25,28-29H,5-6H2,1-4H3,(H,44,49)(H,45,50)/t28-,29-/m0/s1. The molecule has 0 saturated carbocycles. The van der Waals surface area contributed by atoms with Gasteiger partial charge in [0.15, 0.2) is 0 Å². The fraction of sp³-hybridized carbons (Fsp3) is 0.186. The minimum absolute atomic E-state index is 0.239. The van der Waals surface area contributed by atoms with Gasteiger partial charge in [0.1, 0.15) is 23.5 Å². The van der Waals surface area contributed by atoms with E-state index >= 15 is 0 Å². The van der Waals surface area contributed by atoms with Gasteiger partial charge in [0.05, 0.1) is 36.0 Å². The highest BCUT2D eigenvalue weighted by Crippen LogP contribution is 2.21. The van der Waals surface area contributed by atoms with Crippen molar-refractivity contribution in [3.05, 3.63) is 137 Å². The Kier molecular flexibility index (Phi) is 13.0. The Morgan fingerprint density at radius 2 is 0.870 bits per heavy atom. The molecular formula is C43H37N5O6. The summed E-state index contributed by atoms with van der Waals surface area (Å²) < 4.78 is 9.88. The lowest BCUT2D eigenvalue weighted by Gasteiger charge is -2.12. The predicted octanol–water partition coefficient (Wildman–Crippen LogP) is 5.37. The summed E-state index contributed by atoms with van der Waals surface area (Å²) >= 11 is 0. The van der Waals surface area contributed by atoms with E-state index in [1.54, 1.807) is 88.4 Å².